The predicted octanol–water partition coefficient (Wildman–Crippen LogP) is 3.11. The Hall–Kier alpha value is -0.0300. The molecule has 0 aromatic heterocycles. The Morgan fingerprint density at radius 3 is 3.00 bits per heavy atom. The van der Waals surface area contributed by atoms with Crippen molar-refractivity contribution in [1.29, 1.82) is 0 Å². The molecule has 1 heterocycles. The zero-order valence-electron chi connectivity index (χ0n) is 11.1. The lowest BCUT2D eigenvalue weighted by molar-refractivity contribution is 0.278. The molecule has 4 heteroatoms. The minimum absolute atomic E-state index is 0.765. The monoisotopic (exact) mass is 328 g/mol. The van der Waals surface area contributed by atoms with Gasteiger partial charge in [-0.2, -0.15) is 11.8 Å². The number of thioether (sulfide) groups is 1. The van der Waals surface area contributed by atoms with Crippen molar-refractivity contribution in [2.45, 2.75) is 25.3 Å². The number of nitrogens with zero attached hydrogens (tertiary/aromatic N) is 1. The summed E-state index contributed by atoms with van der Waals surface area (Å²) in [4.78, 5) is 2.55. The minimum atomic E-state index is 0.765. The van der Waals surface area contributed by atoms with Gasteiger partial charge in [0, 0.05) is 41.7 Å². The molecule has 1 aromatic carbocycles. The summed E-state index contributed by atoms with van der Waals surface area (Å²) in [5.74, 6) is 1.26. The highest BCUT2D eigenvalue weighted by molar-refractivity contribution is 9.10. The molecule has 1 unspecified atom stereocenters. The molecule has 18 heavy (non-hydrogen) atoms. The van der Waals surface area contributed by atoms with Crippen molar-refractivity contribution in [2.24, 2.45) is 0 Å². The normalized spacial score (nSPS) is 21.2. The molecule has 0 bridgehead atoms. The topological polar surface area (TPSA) is 15.3 Å². The van der Waals surface area contributed by atoms with Crippen LogP contribution in [0.15, 0.2) is 22.7 Å². The number of nitrogens with one attached hydrogen (secondary N) is 1. The van der Waals surface area contributed by atoms with Gasteiger partial charge >= 0.3 is 0 Å². The molecular formula is C14H21BrN2S. The van der Waals surface area contributed by atoms with Gasteiger partial charge in [-0.15, -0.1) is 0 Å². The summed E-state index contributed by atoms with van der Waals surface area (Å²) < 4.78 is 1.24. The Morgan fingerprint density at radius 2 is 2.33 bits per heavy atom. The van der Waals surface area contributed by atoms with E-state index in [4.69, 9.17) is 0 Å². The highest BCUT2D eigenvalue weighted by Crippen LogP contribution is 2.24. The maximum atomic E-state index is 3.70. The lowest BCUT2D eigenvalue weighted by atomic mass is 10.1. The second-order valence-electron chi connectivity index (χ2n) is 4.87. The van der Waals surface area contributed by atoms with Gasteiger partial charge in [0.1, 0.15) is 0 Å². The second-order valence-corrected chi connectivity index (χ2v) is 7.27. The number of hydrogen-bond acceptors (Lipinski definition) is 3. The largest absolute Gasteiger partial charge is 0.316 e. The summed E-state index contributed by atoms with van der Waals surface area (Å²) in [5, 5.41) is 3.95. The van der Waals surface area contributed by atoms with Crippen LogP contribution in [-0.2, 0) is 13.1 Å². The van der Waals surface area contributed by atoms with Gasteiger partial charge in [0.15, 0.2) is 0 Å². The first-order valence-electron chi connectivity index (χ1n) is 6.45. The molecule has 0 amide bonds. The van der Waals surface area contributed by atoms with Gasteiger partial charge in [0.2, 0.25) is 0 Å². The summed E-state index contributed by atoms with van der Waals surface area (Å²) in [6, 6.07) is 6.70. The molecule has 1 atom stereocenters. The van der Waals surface area contributed by atoms with E-state index in [-0.39, 0.29) is 0 Å². The van der Waals surface area contributed by atoms with Crippen LogP contribution in [0, 0.1) is 0 Å². The van der Waals surface area contributed by atoms with Crippen molar-refractivity contribution >= 4 is 27.7 Å². The molecule has 0 spiro atoms. The Kier molecular flexibility index (Phi) is 5.55. The lowest BCUT2D eigenvalue weighted by Crippen LogP contribution is -2.36. The Balaban J connectivity index is 2.00. The van der Waals surface area contributed by atoms with E-state index in [1.54, 1.807) is 0 Å². The Morgan fingerprint density at radius 1 is 1.50 bits per heavy atom. The summed E-state index contributed by atoms with van der Waals surface area (Å²) >= 11 is 5.78. The maximum absolute atomic E-state index is 3.70. The lowest BCUT2D eigenvalue weighted by Gasteiger charge is -2.30. The van der Waals surface area contributed by atoms with Crippen molar-refractivity contribution in [3.05, 3.63) is 33.8 Å². The molecule has 1 N–H and O–H groups in total. The van der Waals surface area contributed by atoms with Gasteiger partial charge < -0.3 is 5.32 Å². The highest BCUT2D eigenvalue weighted by atomic mass is 79.9. The van der Waals surface area contributed by atoms with Gasteiger partial charge in [-0.3, -0.25) is 4.90 Å². The van der Waals surface area contributed by atoms with Crippen molar-refractivity contribution in [3.8, 4) is 0 Å². The fourth-order valence-electron chi connectivity index (χ4n) is 2.31. The van der Waals surface area contributed by atoms with Crippen LogP contribution in [-0.4, -0.2) is 36.0 Å². The van der Waals surface area contributed by atoms with E-state index < -0.39 is 0 Å². The van der Waals surface area contributed by atoms with Gasteiger partial charge in [0.05, 0.1) is 0 Å². The van der Waals surface area contributed by atoms with Crippen molar-refractivity contribution < 1.29 is 0 Å². The third-order valence-electron chi connectivity index (χ3n) is 3.22. The summed E-state index contributed by atoms with van der Waals surface area (Å²) in [5.41, 5.74) is 2.73. The van der Waals surface area contributed by atoms with Crippen LogP contribution in [0.1, 0.15) is 18.1 Å². The molecule has 2 nitrogen and oxygen atoms in total. The molecule has 1 saturated heterocycles. The zero-order valence-corrected chi connectivity index (χ0v) is 13.5. The second kappa shape index (κ2) is 6.94. The first-order chi connectivity index (χ1) is 8.69. The smallest absolute Gasteiger partial charge is 0.0245 e. The molecule has 1 fully saturated rings. The minimum Gasteiger partial charge on any atom is -0.316 e. The molecule has 0 radical (unpaired) electrons. The summed E-state index contributed by atoms with van der Waals surface area (Å²) in [6.45, 7) is 6.72. The fraction of sp³-hybridized carbons (Fsp3) is 0.571. The van der Waals surface area contributed by atoms with Crippen LogP contribution in [0.25, 0.3) is 0 Å². The Bertz CT molecular complexity index is 397. The zero-order chi connectivity index (χ0) is 13.0. The van der Waals surface area contributed by atoms with Crippen LogP contribution >= 0.6 is 27.7 Å². The van der Waals surface area contributed by atoms with E-state index in [0.29, 0.717) is 0 Å². The average Bonchev–Trinajstić information content (AvgIpc) is 2.33. The highest BCUT2D eigenvalue weighted by Gasteiger charge is 2.17. The van der Waals surface area contributed by atoms with E-state index in [2.05, 4.69) is 63.0 Å². The SMILES string of the molecule is CNCc1ccc(CN2CCSC(C)C2)c(Br)c1. The molecule has 2 rings (SSSR count). The number of halogens is 1. The quantitative estimate of drug-likeness (QED) is 0.914. The van der Waals surface area contributed by atoms with Gasteiger partial charge in [-0.1, -0.05) is 35.0 Å². The third-order valence-corrected chi connectivity index (χ3v) is 5.09. The van der Waals surface area contributed by atoms with Crippen LogP contribution in [0.4, 0.5) is 0 Å². The van der Waals surface area contributed by atoms with Gasteiger partial charge in [-0.25, -0.2) is 0 Å². The molecule has 0 aliphatic carbocycles. The molecular weight excluding hydrogens is 308 g/mol. The Labute approximate surface area is 123 Å². The van der Waals surface area contributed by atoms with E-state index in [1.807, 2.05) is 7.05 Å². The average molecular weight is 329 g/mol. The molecule has 1 aromatic rings. The van der Waals surface area contributed by atoms with Crippen LogP contribution < -0.4 is 5.32 Å². The number of hydrogen-bond donors (Lipinski definition) is 1. The number of benzene rings is 1. The van der Waals surface area contributed by atoms with E-state index >= 15 is 0 Å². The van der Waals surface area contributed by atoms with E-state index in [1.165, 1.54) is 34.4 Å². The summed E-state index contributed by atoms with van der Waals surface area (Å²) in [7, 11) is 1.98. The van der Waals surface area contributed by atoms with Gasteiger partial charge in [-0.05, 0) is 24.2 Å². The fourth-order valence-corrected chi connectivity index (χ4v) is 3.94. The number of rotatable bonds is 4. The molecule has 0 saturated carbocycles. The first kappa shape index (κ1) is 14.4. The molecule has 1 aliphatic heterocycles. The standard InChI is InChI=1S/C14H21BrN2S/c1-11-9-17(5-6-18-11)10-13-4-3-12(8-16-2)7-14(13)15/h3-4,7,11,16H,5-6,8-10H2,1-2H3. The van der Waals surface area contributed by atoms with Crippen molar-refractivity contribution in [2.75, 3.05) is 25.9 Å². The van der Waals surface area contributed by atoms with Crippen LogP contribution in [0.2, 0.25) is 0 Å². The van der Waals surface area contributed by atoms with Crippen molar-refractivity contribution in [1.82, 2.24) is 10.2 Å². The predicted molar refractivity (Wildman–Crippen MR) is 84.1 cm³/mol. The summed E-state index contributed by atoms with van der Waals surface area (Å²) in [6.07, 6.45) is 0. The van der Waals surface area contributed by atoms with E-state index in [9.17, 15) is 0 Å². The third kappa shape index (κ3) is 3.98. The van der Waals surface area contributed by atoms with E-state index in [0.717, 1.165) is 18.3 Å². The van der Waals surface area contributed by atoms with Crippen LogP contribution in [0.5, 0.6) is 0 Å². The van der Waals surface area contributed by atoms with Gasteiger partial charge in [0.25, 0.3) is 0 Å². The maximum Gasteiger partial charge on any atom is 0.0245 e. The molecule has 100 valence electrons. The molecule has 1 aliphatic rings. The van der Waals surface area contributed by atoms with Crippen molar-refractivity contribution in [3.63, 3.8) is 0 Å². The van der Waals surface area contributed by atoms with Crippen LogP contribution in [0.3, 0.4) is 0 Å². The first-order valence-corrected chi connectivity index (χ1v) is 8.29.